The number of amides is 2. The molecule has 6 rings (SSSR count). The number of alkyl halides is 5. The van der Waals surface area contributed by atoms with Gasteiger partial charge in [-0.3, -0.25) is 9.59 Å². The Balaban J connectivity index is 1.44. The molecule has 2 aromatic heterocycles. The van der Waals surface area contributed by atoms with Crippen LogP contribution in [0.1, 0.15) is 28.5 Å². The summed E-state index contributed by atoms with van der Waals surface area (Å²) in [5.74, 6) is -4.17. The summed E-state index contributed by atoms with van der Waals surface area (Å²) in [4.78, 5) is 33.1. The number of nitrogens with one attached hydrogen (secondary N) is 1. The van der Waals surface area contributed by atoms with Crippen LogP contribution in [0, 0.1) is 5.82 Å². The molecule has 4 aromatic rings. The molecule has 0 radical (unpaired) electrons. The molecule has 0 spiro atoms. The molecule has 236 valence electrons. The summed E-state index contributed by atoms with van der Waals surface area (Å²) >= 11 is 0.842. The van der Waals surface area contributed by atoms with Crippen molar-refractivity contribution in [2.45, 2.75) is 30.4 Å². The molecule has 2 aliphatic heterocycles. The molecule has 2 aromatic carbocycles. The smallest absolute Gasteiger partial charge is 0.489 e. The highest BCUT2D eigenvalue weighted by atomic mass is 32.1. The monoisotopic (exact) mass is 655 g/mol. The van der Waals surface area contributed by atoms with Crippen molar-refractivity contribution in [1.29, 1.82) is 0 Å². The molecule has 45 heavy (non-hydrogen) atoms. The zero-order valence-electron chi connectivity index (χ0n) is 22.6. The van der Waals surface area contributed by atoms with Crippen LogP contribution in [-0.4, -0.2) is 52.5 Å². The van der Waals surface area contributed by atoms with E-state index in [2.05, 4.69) is 19.4 Å². The Kier molecular flexibility index (Phi) is 6.60. The van der Waals surface area contributed by atoms with Gasteiger partial charge in [0.25, 0.3) is 5.91 Å². The third-order valence-electron chi connectivity index (χ3n) is 7.42. The number of carbonyl (C=O) groups excluding carboxylic acids is 2. The van der Waals surface area contributed by atoms with Crippen molar-refractivity contribution in [3.8, 4) is 28.5 Å². The van der Waals surface area contributed by atoms with Gasteiger partial charge in [-0.15, -0.1) is 8.78 Å². The molecular weight excluding hydrogens is 636 g/mol. The van der Waals surface area contributed by atoms with Crippen LogP contribution in [0.15, 0.2) is 36.4 Å². The molecule has 2 aliphatic rings. The minimum Gasteiger partial charge on any atom is -0.489 e. The number of aliphatic hydroxyl groups is 1. The van der Waals surface area contributed by atoms with Gasteiger partial charge in [0.2, 0.25) is 11.5 Å². The molecule has 0 bridgehead atoms. The fraction of sp³-hybridized carbons (Fsp3) is 0.259. The van der Waals surface area contributed by atoms with Crippen LogP contribution in [0.3, 0.4) is 0 Å². The van der Waals surface area contributed by atoms with Gasteiger partial charge >= 0.3 is 12.5 Å². The van der Waals surface area contributed by atoms with E-state index < -0.39 is 71.4 Å². The predicted molar refractivity (Wildman–Crippen MR) is 144 cm³/mol. The maximum absolute atomic E-state index is 14.7. The van der Waals surface area contributed by atoms with Gasteiger partial charge in [0.05, 0.1) is 16.9 Å². The van der Waals surface area contributed by atoms with Crippen molar-refractivity contribution < 1.29 is 55.2 Å². The van der Waals surface area contributed by atoms with Crippen molar-refractivity contribution in [2.75, 3.05) is 18.9 Å². The van der Waals surface area contributed by atoms with Gasteiger partial charge in [-0.05, 0) is 43.3 Å². The number of fused-ring (bicyclic) bond motifs is 3. The van der Waals surface area contributed by atoms with E-state index >= 15 is 0 Å². The van der Waals surface area contributed by atoms with E-state index in [0.717, 1.165) is 35.6 Å². The van der Waals surface area contributed by atoms with Gasteiger partial charge in [0.1, 0.15) is 29.0 Å². The fourth-order valence-corrected chi connectivity index (χ4v) is 5.66. The predicted octanol–water partition coefficient (Wildman–Crippen LogP) is 3.72. The lowest BCUT2D eigenvalue weighted by Gasteiger charge is -2.31. The first-order chi connectivity index (χ1) is 20.9. The lowest BCUT2D eigenvalue weighted by Crippen LogP contribution is -2.51. The summed E-state index contributed by atoms with van der Waals surface area (Å²) in [5, 5.41) is 13.1. The summed E-state index contributed by atoms with van der Waals surface area (Å²) in [6.07, 6.45) is -9.51. The molecule has 2 atom stereocenters. The minimum absolute atomic E-state index is 0.00509. The average Bonchev–Trinajstić information content (AvgIpc) is 3.61. The number of hydrogen-bond donors (Lipinski definition) is 4. The highest BCUT2D eigenvalue weighted by Gasteiger charge is 2.58. The largest absolute Gasteiger partial charge is 0.586 e. The first kappa shape index (κ1) is 30.2. The van der Waals surface area contributed by atoms with Crippen LogP contribution >= 0.6 is 11.3 Å². The summed E-state index contributed by atoms with van der Waals surface area (Å²) in [5.41, 5.74) is 3.21. The van der Waals surface area contributed by atoms with Crippen molar-refractivity contribution in [1.82, 2.24) is 15.3 Å². The fourth-order valence-electron chi connectivity index (χ4n) is 4.87. The van der Waals surface area contributed by atoms with Gasteiger partial charge in [0.15, 0.2) is 22.4 Å². The number of nitrogens with zero attached hydrogens (tertiary/aromatic N) is 2. The van der Waals surface area contributed by atoms with Crippen LogP contribution in [0.25, 0.3) is 21.5 Å². The van der Waals surface area contributed by atoms with Crippen molar-refractivity contribution in [3.05, 3.63) is 59.0 Å². The second-order valence-corrected chi connectivity index (χ2v) is 11.5. The Labute approximate surface area is 251 Å². The van der Waals surface area contributed by atoms with Crippen molar-refractivity contribution in [2.24, 2.45) is 5.73 Å². The van der Waals surface area contributed by atoms with E-state index in [1.807, 2.05) is 5.32 Å². The SMILES string of the molecule is C[C@]1(C(N)=O)COc2c1cc([C@@](O)(CNC(=O)c1cc(F)c3nc(N)sc3c1)C(F)(F)F)nc2-c1ccc2c(c1)OC(F)(F)O2. The number of primary amides is 1. The van der Waals surface area contributed by atoms with E-state index in [1.54, 1.807) is 0 Å². The lowest BCUT2D eigenvalue weighted by atomic mass is 9.81. The van der Waals surface area contributed by atoms with Crippen LogP contribution < -0.4 is 31.0 Å². The number of rotatable bonds is 6. The molecule has 4 heterocycles. The molecule has 6 N–H and O–H groups in total. The van der Waals surface area contributed by atoms with Crippen LogP contribution in [0.4, 0.5) is 31.5 Å². The quantitative estimate of drug-likeness (QED) is 0.226. The molecule has 2 amide bonds. The maximum Gasteiger partial charge on any atom is 0.586 e. The zero-order chi connectivity index (χ0) is 32.7. The molecule has 0 saturated heterocycles. The summed E-state index contributed by atoms with van der Waals surface area (Å²) < 4.78 is 100. The summed E-state index contributed by atoms with van der Waals surface area (Å²) in [6.45, 7) is -0.650. The number of pyridine rings is 1. The van der Waals surface area contributed by atoms with Gasteiger partial charge in [0, 0.05) is 16.7 Å². The second kappa shape index (κ2) is 9.83. The van der Waals surface area contributed by atoms with Crippen LogP contribution in [0.2, 0.25) is 0 Å². The lowest BCUT2D eigenvalue weighted by molar-refractivity contribution is -0.286. The van der Waals surface area contributed by atoms with E-state index in [0.29, 0.717) is 0 Å². The number of ether oxygens (including phenoxy) is 3. The number of carbonyl (C=O) groups is 2. The molecule has 0 unspecified atom stereocenters. The van der Waals surface area contributed by atoms with Gasteiger partial charge in [-0.1, -0.05) is 11.3 Å². The first-order valence-electron chi connectivity index (χ1n) is 12.7. The Morgan fingerprint density at radius 2 is 1.82 bits per heavy atom. The van der Waals surface area contributed by atoms with Gasteiger partial charge in [-0.25, -0.2) is 14.4 Å². The molecular formula is C27H19F6N5O6S. The number of thiazole rings is 1. The minimum atomic E-state index is -5.50. The number of aromatic nitrogens is 2. The number of nitrogens with two attached hydrogens (primary N) is 2. The molecule has 11 nitrogen and oxygen atoms in total. The van der Waals surface area contributed by atoms with Gasteiger partial charge in [-0.2, -0.15) is 13.2 Å². The third kappa shape index (κ3) is 4.89. The van der Waals surface area contributed by atoms with Crippen LogP contribution in [-0.2, 0) is 15.8 Å². The van der Waals surface area contributed by atoms with Crippen molar-refractivity contribution in [3.63, 3.8) is 0 Å². The second-order valence-electron chi connectivity index (χ2n) is 10.4. The average molecular weight is 656 g/mol. The van der Waals surface area contributed by atoms with E-state index in [1.165, 1.54) is 19.1 Å². The Morgan fingerprint density at radius 1 is 1.11 bits per heavy atom. The molecule has 18 heteroatoms. The normalized spacial score (nSPS) is 19.6. The number of anilines is 1. The first-order valence-corrected chi connectivity index (χ1v) is 13.6. The zero-order valence-corrected chi connectivity index (χ0v) is 23.4. The maximum atomic E-state index is 14.7. The molecule has 0 aliphatic carbocycles. The Hall–Kier alpha value is -4.84. The van der Waals surface area contributed by atoms with Gasteiger partial charge < -0.3 is 36.1 Å². The third-order valence-corrected chi connectivity index (χ3v) is 8.25. The highest BCUT2D eigenvalue weighted by molar-refractivity contribution is 7.22. The van der Waals surface area contributed by atoms with E-state index in [4.69, 9.17) is 16.2 Å². The standard InChI is InChI=1S/C27H19F6N5O6S/c1-24(22(34)40)9-42-20-12(24)7-17(37-18(20)10-2-3-14-15(5-10)44-27(32,33)43-14)25(41,26(29,30)31)8-36-21(39)11-4-13(28)19-16(6-11)45-23(35)38-19/h2-7,41H,8-9H2,1H3,(H2,34,40)(H2,35,38)(H,36,39)/t24-,25-/m0/s1. The molecule has 0 fully saturated rings. The van der Waals surface area contributed by atoms with Crippen molar-refractivity contribution >= 4 is 38.5 Å². The van der Waals surface area contributed by atoms with Crippen LogP contribution in [0.5, 0.6) is 17.2 Å². The number of nitrogen functional groups attached to an aromatic ring is 1. The van der Waals surface area contributed by atoms with E-state index in [-0.39, 0.29) is 43.5 Å². The topological polar surface area (TPSA) is 172 Å². The molecule has 0 saturated carbocycles. The summed E-state index contributed by atoms with van der Waals surface area (Å²) in [7, 11) is 0. The number of benzene rings is 2. The Morgan fingerprint density at radius 3 is 2.51 bits per heavy atom. The highest BCUT2D eigenvalue weighted by Crippen LogP contribution is 2.50. The number of hydrogen-bond acceptors (Lipinski definition) is 10. The van der Waals surface area contributed by atoms with E-state index in [9.17, 15) is 41.0 Å². The number of halogens is 6. The Bertz CT molecular complexity index is 1920. The summed E-state index contributed by atoms with van der Waals surface area (Å²) in [6, 6.07) is 5.90.